The lowest BCUT2D eigenvalue weighted by atomic mass is 10.1. The van der Waals surface area contributed by atoms with Crippen LogP contribution in [0.5, 0.6) is 0 Å². The summed E-state index contributed by atoms with van der Waals surface area (Å²) >= 11 is 0. The van der Waals surface area contributed by atoms with E-state index in [-0.39, 0.29) is 35.3 Å². The van der Waals surface area contributed by atoms with E-state index in [9.17, 15) is 4.79 Å². The Morgan fingerprint density at radius 1 is 1.05 bits per heavy atom. The van der Waals surface area contributed by atoms with Crippen LogP contribution in [0.2, 0.25) is 0 Å². The fourth-order valence-electron chi connectivity index (χ4n) is 1.99. The quantitative estimate of drug-likeness (QED) is 0.484. The zero-order chi connectivity index (χ0) is 14.7. The number of aromatic nitrogens is 2. The number of carbonyl (C=O) groups excluding carboxylic acids is 1. The highest BCUT2D eigenvalue weighted by atomic mass is 79.9. The first-order valence-electron chi connectivity index (χ1n) is 6.54. The van der Waals surface area contributed by atoms with Crippen molar-refractivity contribution in [3.05, 3.63) is 66.2 Å². The number of nitrogens with two attached hydrogens (primary N) is 1. The Labute approximate surface area is 138 Å². The maximum atomic E-state index is 12.2. The third-order valence-electron chi connectivity index (χ3n) is 3.08. The monoisotopic (exact) mass is 359 g/mol. The van der Waals surface area contributed by atoms with Gasteiger partial charge in [-0.15, -0.1) is 0 Å². The Morgan fingerprint density at radius 2 is 1.64 bits per heavy atom. The van der Waals surface area contributed by atoms with Crippen molar-refractivity contribution in [2.45, 2.75) is 6.54 Å². The first-order valence-corrected chi connectivity index (χ1v) is 6.54. The standard InChI is InChI=1S/C16H13N3O2.BrH/c17-16-19(11-14(20)12-7-3-1-4-8-12)18-15(21-16)13-9-5-2-6-10-13;/h1-10,17H,11H2;1H. The lowest BCUT2D eigenvalue weighted by molar-refractivity contribution is -0.726. The third kappa shape index (κ3) is 3.40. The van der Waals surface area contributed by atoms with Crippen LogP contribution in [-0.2, 0) is 6.54 Å². The molecule has 0 aliphatic carbocycles. The fourth-order valence-corrected chi connectivity index (χ4v) is 1.99. The molecule has 6 heteroatoms. The molecular weight excluding hydrogens is 346 g/mol. The summed E-state index contributed by atoms with van der Waals surface area (Å²) in [5.41, 5.74) is 7.22. The van der Waals surface area contributed by atoms with Gasteiger partial charge in [-0.2, -0.15) is 0 Å². The molecule has 0 spiro atoms. The van der Waals surface area contributed by atoms with E-state index in [2.05, 4.69) is 5.10 Å². The van der Waals surface area contributed by atoms with E-state index in [1.54, 1.807) is 12.1 Å². The first kappa shape index (κ1) is 15.9. The van der Waals surface area contributed by atoms with Gasteiger partial charge in [-0.1, -0.05) is 53.2 Å². The number of hydrogen-bond acceptors (Lipinski definition) is 4. The zero-order valence-corrected chi connectivity index (χ0v) is 13.2. The van der Waals surface area contributed by atoms with Crippen LogP contribution in [0.4, 0.5) is 6.01 Å². The normalized spacial score (nSPS) is 10.0. The summed E-state index contributed by atoms with van der Waals surface area (Å²) in [5.74, 6) is 0.328. The van der Waals surface area contributed by atoms with Crippen LogP contribution >= 0.6 is 0 Å². The second kappa shape index (κ2) is 7.00. The maximum Gasteiger partial charge on any atom is 0.475 e. The number of ketones is 1. The lowest BCUT2D eigenvalue weighted by Gasteiger charge is -1.96. The molecule has 5 nitrogen and oxygen atoms in total. The van der Waals surface area contributed by atoms with Crippen molar-refractivity contribution in [3.8, 4) is 11.5 Å². The summed E-state index contributed by atoms with van der Waals surface area (Å²) in [6.45, 7) is 0.0478. The molecule has 112 valence electrons. The Balaban J connectivity index is 0.00000176. The number of Topliss-reactive ketones (excluding diaryl/α,β-unsaturated/α-hetero) is 1. The molecule has 0 fully saturated rings. The van der Waals surface area contributed by atoms with Crippen LogP contribution in [0.25, 0.3) is 11.5 Å². The number of halogens is 1. The van der Waals surface area contributed by atoms with Gasteiger partial charge >= 0.3 is 6.01 Å². The second-order valence-corrected chi connectivity index (χ2v) is 4.56. The number of hydrogen-bond donors (Lipinski definition) is 1. The topological polar surface area (TPSA) is 73.0 Å². The molecule has 1 aromatic heterocycles. The Morgan fingerprint density at radius 3 is 2.27 bits per heavy atom. The van der Waals surface area contributed by atoms with E-state index in [1.165, 1.54) is 4.68 Å². The second-order valence-electron chi connectivity index (χ2n) is 4.56. The predicted octanol–water partition coefficient (Wildman–Crippen LogP) is -0.902. The summed E-state index contributed by atoms with van der Waals surface area (Å²) in [7, 11) is 0. The molecule has 2 aromatic carbocycles. The highest BCUT2D eigenvalue weighted by Crippen LogP contribution is 2.16. The molecule has 22 heavy (non-hydrogen) atoms. The molecule has 0 bridgehead atoms. The van der Waals surface area contributed by atoms with Crippen LogP contribution in [-0.4, -0.2) is 10.9 Å². The van der Waals surface area contributed by atoms with Crippen LogP contribution in [0.3, 0.4) is 0 Å². The minimum Gasteiger partial charge on any atom is -1.00 e. The van der Waals surface area contributed by atoms with Crippen molar-refractivity contribution in [1.82, 2.24) is 5.10 Å². The zero-order valence-electron chi connectivity index (χ0n) is 11.6. The summed E-state index contributed by atoms with van der Waals surface area (Å²) in [5, 5.41) is 4.25. The van der Waals surface area contributed by atoms with Crippen LogP contribution in [0, 0.1) is 0 Å². The number of carbonyl (C=O) groups is 1. The van der Waals surface area contributed by atoms with Crippen molar-refractivity contribution in [3.63, 3.8) is 0 Å². The van der Waals surface area contributed by atoms with Gasteiger partial charge in [-0.3, -0.25) is 10.5 Å². The van der Waals surface area contributed by atoms with Gasteiger partial charge in [0.15, 0.2) is 6.54 Å². The van der Waals surface area contributed by atoms with E-state index in [0.29, 0.717) is 11.5 Å². The molecule has 0 amide bonds. The van der Waals surface area contributed by atoms with Gasteiger partial charge in [0, 0.05) is 11.1 Å². The van der Waals surface area contributed by atoms with E-state index < -0.39 is 0 Å². The van der Waals surface area contributed by atoms with Crippen LogP contribution in [0.15, 0.2) is 65.1 Å². The van der Waals surface area contributed by atoms with Gasteiger partial charge in [0.1, 0.15) is 0 Å². The summed E-state index contributed by atoms with van der Waals surface area (Å²) in [6.07, 6.45) is 0. The van der Waals surface area contributed by atoms with Gasteiger partial charge in [0.05, 0.1) is 0 Å². The van der Waals surface area contributed by atoms with Crippen molar-refractivity contribution >= 4 is 11.8 Å². The molecule has 0 atom stereocenters. The number of benzene rings is 2. The molecule has 0 saturated heterocycles. The highest BCUT2D eigenvalue weighted by Gasteiger charge is 2.20. The van der Waals surface area contributed by atoms with Gasteiger partial charge in [-0.05, 0) is 17.2 Å². The Bertz CT molecular complexity index is 758. The highest BCUT2D eigenvalue weighted by molar-refractivity contribution is 5.94. The van der Waals surface area contributed by atoms with Crippen LogP contribution < -0.4 is 27.4 Å². The minimum atomic E-state index is -0.0692. The largest absolute Gasteiger partial charge is 1.00 e. The van der Waals surface area contributed by atoms with Crippen molar-refractivity contribution in [2.75, 3.05) is 5.73 Å². The van der Waals surface area contributed by atoms with E-state index in [1.807, 2.05) is 48.5 Å². The van der Waals surface area contributed by atoms with Gasteiger partial charge in [-0.25, -0.2) is 0 Å². The van der Waals surface area contributed by atoms with E-state index in [0.717, 1.165) is 5.56 Å². The van der Waals surface area contributed by atoms with Gasteiger partial charge in [0.2, 0.25) is 5.78 Å². The van der Waals surface area contributed by atoms with Crippen molar-refractivity contribution < 1.29 is 30.9 Å². The van der Waals surface area contributed by atoms with Crippen molar-refractivity contribution in [1.29, 1.82) is 0 Å². The SMILES string of the molecule is Nc1oc(-c2ccccc2)n[n+]1CC(=O)c1ccccc1.[Br-]. The summed E-state index contributed by atoms with van der Waals surface area (Å²) < 4.78 is 6.79. The summed E-state index contributed by atoms with van der Waals surface area (Å²) in [4.78, 5) is 12.2. The first-order chi connectivity index (χ1) is 10.2. The number of rotatable bonds is 4. The number of nitrogen functional groups attached to an aromatic ring is 1. The fraction of sp³-hybridized carbons (Fsp3) is 0.0625. The molecule has 0 aliphatic heterocycles. The number of anilines is 1. The molecular formula is C16H14BrN3O2. The van der Waals surface area contributed by atoms with Gasteiger partial charge in [0.25, 0.3) is 5.89 Å². The molecule has 0 saturated carbocycles. The molecule has 2 N–H and O–H groups in total. The molecule has 0 aliphatic rings. The molecule has 0 unspecified atom stereocenters. The van der Waals surface area contributed by atoms with Crippen LogP contribution in [0.1, 0.15) is 10.4 Å². The van der Waals surface area contributed by atoms with Gasteiger partial charge < -0.3 is 21.4 Å². The smallest absolute Gasteiger partial charge is 0.475 e. The minimum absolute atomic E-state index is 0. The Hall–Kier alpha value is -2.47. The molecule has 1 heterocycles. The molecule has 3 aromatic rings. The Kier molecular flexibility index (Phi) is 5.06. The van der Waals surface area contributed by atoms with E-state index in [4.69, 9.17) is 10.2 Å². The average Bonchev–Trinajstić information content (AvgIpc) is 2.90. The predicted molar refractivity (Wildman–Crippen MR) is 77.3 cm³/mol. The molecule has 3 rings (SSSR count). The van der Waals surface area contributed by atoms with Crippen molar-refractivity contribution in [2.24, 2.45) is 0 Å². The lowest BCUT2D eigenvalue weighted by Crippen LogP contribution is -3.00. The molecule has 0 radical (unpaired) electrons. The average molecular weight is 360 g/mol. The van der Waals surface area contributed by atoms with E-state index >= 15 is 0 Å². The number of nitrogens with zero attached hydrogens (tertiary/aromatic N) is 2. The maximum absolute atomic E-state index is 12.2. The third-order valence-corrected chi connectivity index (χ3v) is 3.08. The summed E-state index contributed by atoms with van der Waals surface area (Å²) in [6, 6.07) is 18.5.